The highest BCUT2D eigenvalue weighted by molar-refractivity contribution is 6.16. The molecule has 0 saturated heterocycles. The summed E-state index contributed by atoms with van der Waals surface area (Å²) in [5.41, 5.74) is 21.0. The molecule has 4 heteroatoms. The third-order valence-electron chi connectivity index (χ3n) is 14.3. The number of rotatable bonds is 1. The first-order chi connectivity index (χ1) is 30.7. The minimum absolute atomic E-state index is 0.0765. The molecule has 1 unspecified atom stereocenters. The van der Waals surface area contributed by atoms with Crippen LogP contribution in [0.25, 0.3) is 27.8 Å². The molecule has 6 aliphatic rings. The Labute approximate surface area is 360 Å². The molecule has 3 aliphatic heterocycles. The number of para-hydroxylation sites is 3. The summed E-state index contributed by atoms with van der Waals surface area (Å²) in [6, 6.07) is 65.2. The lowest BCUT2D eigenvalue weighted by atomic mass is 9.52. The fraction of sp³-hybridized carbons (Fsp3) is 0.0517. The zero-order valence-corrected chi connectivity index (χ0v) is 33.6. The number of hydrogen-bond acceptors (Lipinski definition) is 4. The molecule has 290 valence electrons. The van der Waals surface area contributed by atoms with Crippen LogP contribution in [0.4, 0.5) is 17.1 Å². The number of nitrogens with one attached hydrogen (secondary N) is 1. The average Bonchev–Trinajstić information content (AvgIpc) is 3.96. The molecule has 0 amide bonds. The second-order valence-electron chi connectivity index (χ2n) is 17.1. The van der Waals surface area contributed by atoms with Crippen LogP contribution in [-0.4, -0.2) is 5.84 Å². The van der Waals surface area contributed by atoms with Crippen LogP contribution in [0.3, 0.4) is 0 Å². The first-order valence-electron chi connectivity index (χ1n) is 21.4. The molecule has 0 aromatic heterocycles. The summed E-state index contributed by atoms with van der Waals surface area (Å²) in [5.74, 6) is 1.75. The normalized spacial score (nSPS) is 18.7. The van der Waals surface area contributed by atoms with E-state index in [1.165, 1.54) is 55.6 Å². The van der Waals surface area contributed by atoms with Crippen LogP contribution in [0.15, 0.2) is 212 Å². The SMILES string of the molecule is C=C1/C=C\C=C/Oc2c1ccc1c2C2(c3ccc(C4=Nc5ccccc5C5Nc6ccccc6N45)cc3-1)c1ccccc1C1(c3ccccc3-c3ccccc31)c1ccccc12. The smallest absolute Gasteiger partial charge is 0.143 e. The lowest BCUT2D eigenvalue weighted by Gasteiger charge is -2.49. The molecule has 3 aliphatic carbocycles. The monoisotopic (exact) mass is 791 g/mol. The van der Waals surface area contributed by atoms with Crippen molar-refractivity contribution in [1.29, 1.82) is 0 Å². The summed E-state index contributed by atoms with van der Waals surface area (Å²) in [6.07, 6.45) is 7.79. The van der Waals surface area contributed by atoms with Crippen LogP contribution in [0.1, 0.15) is 67.4 Å². The maximum absolute atomic E-state index is 6.91. The van der Waals surface area contributed by atoms with Crippen molar-refractivity contribution in [2.45, 2.75) is 17.0 Å². The van der Waals surface area contributed by atoms with Gasteiger partial charge in [-0.2, -0.15) is 0 Å². The van der Waals surface area contributed by atoms with Crippen LogP contribution in [0, 0.1) is 0 Å². The molecule has 62 heavy (non-hydrogen) atoms. The molecule has 8 aromatic rings. The van der Waals surface area contributed by atoms with Crippen molar-refractivity contribution in [2.75, 3.05) is 10.2 Å². The van der Waals surface area contributed by atoms with Gasteiger partial charge in [0, 0.05) is 22.3 Å². The van der Waals surface area contributed by atoms with Crippen LogP contribution < -0.4 is 15.0 Å². The topological polar surface area (TPSA) is 36.9 Å². The van der Waals surface area contributed by atoms with Crippen molar-refractivity contribution >= 4 is 28.5 Å². The molecule has 0 radical (unpaired) electrons. The first-order valence-corrected chi connectivity index (χ1v) is 21.4. The number of anilines is 2. The van der Waals surface area contributed by atoms with Gasteiger partial charge in [0.15, 0.2) is 0 Å². The Morgan fingerprint density at radius 1 is 0.532 bits per heavy atom. The Hall–Kier alpha value is -7.95. The summed E-state index contributed by atoms with van der Waals surface area (Å²) in [7, 11) is 0. The maximum atomic E-state index is 6.91. The van der Waals surface area contributed by atoms with E-state index >= 15 is 0 Å². The van der Waals surface area contributed by atoms with E-state index in [9.17, 15) is 0 Å². The van der Waals surface area contributed by atoms with Gasteiger partial charge >= 0.3 is 0 Å². The van der Waals surface area contributed by atoms with E-state index in [0.717, 1.165) is 62.0 Å². The first kappa shape index (κ1) is 33.8. The number of allylic oxidation sites excluding steroid dienone is 4. The largest absolute Gasteiger partial charge is 0.464 e. The number of nitrogens with zero attached hydrogens (tertiary/aromatic N) is 2. The van der Waals surface area contributed by atoms with Crippen LogP contribution in [-0.2, 0) is 10.8 Å². The minimum Gasteiger partial charge on any atom is -0.464 e. The average molecular weight is 792 g/mol. The molecule has 1 N–H and O–H groups in total. The molecule has 0 bridgehead atoms. The molecular weight excluding hydrogens is 755 g/mol. The lowest BCUT2D eigenvalue weighted by Crippen LogP contribution is -2.44. The number of hydrogen-bond donors (Lipinski definition) is 1. The molecule has 0 fully saturated rings. The quantitative estimate of drug-likeness (QED) is 0.180. The van der Waals surface area contributed by atoms with E-state index in [1.807, 2.05) is 18.4 Å². The lowest BCUT2D eigenvalue weighted by molar-refractivity contribution is 0.465. The molecule has 4 nitrogen and oxygen atoms in total. The van der Waals surface area contributed by atoms with Gasteiger partial charge in [0.1, 0.15) is 17.8 Å². The number of benzene rings is 8. The Morgan fingerprint density at radius 3 is 1.87 bits per heavy atom. The van der Waals surface area contributed by atoms with Crippen molar-refractivity contribution in [3.8, 4) is 28.0 Å². The highest BCUT2D eigenvalue weighted by atomic mass is 16.5. The van der Waals surface area contributed by atoms with Gasteiger partial charge in [-0.3, -0.25) is 4.90 Å². The maximum Gasteiger partial charge on any atom is 0.143 e. The number of ether oxygens (including phenoxy) is 1. The molecule has 8 aromatic carbocycles. The van der Waals surface area contributed by atoms with Gasteiger partial charge in [-0.25, -0.2) is 4.99 Å². The van der Waals surface area contributed by atoms with Crippen molar-refractivity contribution in [3.05, 3.63) is 268 Å². The molecule has 14 rings (SSSR count). The van der Waals surface area contributed by atoms with Crippen molar-refractivity contribution in [1.82, 2.24) is 0 Å². The van der Waals surface area contributed by atoms with Gasteiger partial charge in [-0.05, 0) is 97.1 Å². The van der Waals surface area contributed by atoms with Crippen molar-refractivity contribution in [3.63, 3.8) is 0 Å². The van der Waals surface area contributed by atoms with E-state index in [-0.39, 0.29) is 6.17 Å². The molecule has 2 spiro atoms. The fourth-order valence-corrected chi connectivity index (χ4v) is 12.1. The predicted octanol–water partition coefficient (Wildman–Crippen LogP) is 13.2. The van der Waals surface area contributed by atoms with Crippen LogP contribution in [0.5, 0.6) is 5.75 Å². The van der Waals surface area contributed by atoms with Crippen LogP contribution in [0.2, 0.25) is 0 Å². The van der Waals surface area contributed by atoms with Crippen LogP contribution >= 0.6 is 0 Å². The van der Waals surface area contributed by atoms with Gasteiger partial charge in [0.05, 0.1) is 34.2 Å². The van der Waals surface area contributed by atoms with E-state index < -0.39 is 10.8 Å². The Kier molecular flexibility index (Phi) is 6.60. The molecule has 1 atom stereocenters. The van der Waals surface area contributed by atoms with E-state index in [4.69, 9.17) is 9.73 Å². The highest BCUT2D eigenvalue weighted by Crippen LogP contribution is 2.69. The van der Waals surface area contributed by atoms with Gasteiger partial charge in [0.25, 0.3) is 0 Å². The summed E-state index contributed by atoms with van der Waals surface area (Å²) < 4.78 is 6.91. The number of fused-ring (bicyclic) bond motifs is 23. The van der Waals surface area contributed by atoms with Gasteiger partial charge < -0.3 is 10.1 Å². The third kappa shape index (κ3) is 4.00. The van der Waals surface area contributed by atoms with Gasteiger partial charge in [-0.15, -0.1) is 0 Å². The third-order valence-corrected chi connectivity index (χ3v) is 14.3. The highest BCUT2D eigenvalue weighted by Gasteiger charge is 2.60. The number of amidine groups is 1. The fourth-order valence-electron chi connectivity index (χ4n) is 12.1. The Morgan fingerprint density at radius 2 is 1.13 bits per heavy atom. The van der Waals surface area contributed by atoms with Gasteiger partial charge in [-0.1, -0.05) is 170 Å². The van der Waals surface area contributed by atoms with Crippen molar-refractivity contribution in [2.24, 2.45) is 4.99 Å². The second kappa shape index (κ2) is 12.1. The summed E-state index contributed by atoms with van der Waals surface area (Å²) in [6.45, 7) is 4.58. The number of aliphatic imine (C=N–C) groups is 1. The predicted molar refractivity (Wildman–Crippen MR) is 250 cm³/mol. The Balaban J connectivity index is 1.10. The Bertz CT molecular complexity index is 3330. The summed E-state index contributed by atoms with van der Waals surface area (Å²) in [5, 5.41) is 3.82. The molecule has 3 heterocycles. The second-order valence-corrected chi connectivity index (χ2v) is 17.1. The van der Waals surface area contributed by atoms with Crippen molar-refractivity contribution < 1.29 is 4.74 Å². The minimum atomic E-state index is -0.748. The summed E-state index contributed by atoms with van der Waals surface area (Å²) in [4.78, 5) is 7.83. The standard InChI is InChI=1S/C58H37N3O/c1-35-16-14-15-33-62-54-37(35)30-31-40-42-34-36(55-59-50-26-11-4-19-41(50)56-60-51-27-12-13-28-52(51)61(55)56)29-32-45(42)58(53(40)54)48-24-9-7-22-46(48)57(47-23-8-10-25-49(47)58)43-20-5-2-17-38(43)39-18-3-6-21-44(39)57/h2-34,56,60H,1H2/b16-14-,33-15-. The molecule has 0 saturated carbocycles. The van der Waals surface area contributed by atoms with E-state index in [2.05, 4.69) is 199 Å². The zero-order chi connectivity index (χ0) is 40.7. The van der Waals surface area contributed by atoms with E-state index in [1.54, 1.807) is 0 Å². The van der Waals surface area contributed by atoms with E-state index in [0.29, 0.717) is 0 Å². The summed E-state index contributed by atoms with van der Waals surface area (Å²) >= 11 is 0. The van der Waals surface area contributed by atoms with Gasteiger partial charge in [0.2, 0.25) is 0 Å². The molecular formula is C58H37N3O. The zero-order valence-electron chi connectivity index (χ0n) is 33.6.